The second-order valence-corrected chi connectivity index (χ2v) is 15.9. The summed E-state index contributed by atoms with van der Waals surface area (Å²) in [5.74, 6) is -0.206. The van der Waals surface area contributed by atoms with Gasteiger partial charge < -0.3 is 40.3 Å². The molecule has 0 aromatic carbocycles. The van der Waals surface area contributed by atoms with E-state index in [1.165, 1.54) is 83.5 Å². The normalized spacial score (nSPS) is 21.6. The van der Waals surface area contributed by atoms with Crippen LogP contribution in [0.5, 0.6) is 0 Å². The molecule has 1 rings (SSSR count). The molecule has 0 spiro atoms. The van der Waals surface area contributed by atoms with E-state index in [1.54, 1.807) is 6.08 Å². The average Bonchev–Trinajstić information content (AvgIpc) is 3.21. The van der Waals surface area contributed by atoms with Gasteiger partial charge in [0.2, 0.25) is 5.91 Å². The maximum atomic E-state index is 12.9. The van der Waals surface area contributed by atoms with E-state index in [1.807, 2.05) is 6.08 Å². The van der Waals surface area contributed by atoms with E-state index < -0.39 is 49.5 Å². The van der Waals surface area contributed by atoms with E-state index in [9.17, 15) is 30.3 Å². The summed E-state index contributed by atoms with van der Waals surface area (Å²) in [6.45, 7) is 3.70. The predicted molar refractivity (Wildman–Crippen MR) is 235 cm³/mol. The number of rotatable bonds is 37. The van der Waals surface area contributed by atoms with Gasteiger partial charge in [0.05, 0.1) is 25.4 Å². The highest BCUT2D eigenvalue weighted by Gasteiger charge is 2.44. The van der Waals surface area contributed by atoms with Crippen molar-refractivity contribution in [2.75, 3.05) is 13.2 Å². The highest BCUT2D eigenvalue weighted by atomic mass is 16.7. The maximum absolute atomic E-state index is 12.9. The van der Waals surface area contributed by atoms with Crippen molar-refractivity contribution in [1.82, 2.24) is 5.32 Å². The third-order valence-electron chi connectivity index (χ3n) is 10.6. The molecule has 0 bridgehead atoms. The number of hydrogen-bond acceptors (Lipinski definition) is 8. The first-order chi connectivity index (χ1) is 27.8. The lowest BCUT2D eigenvalue weighted by molar-refractivity contribution is -0.302. The minimum atomic E-state index is -1.58. The maximum Gasteiger partial charge on any atom is 0.220 e. The zero-order chi connectivity index (χ0) is 41.6. The number of unbranched alkanes of at least 4 members (excludes halogenated alkanes) is 20. The third-order valence-corrected chi connectivity index (χ3v) is 10.6. The van der Waals surface area contributed by atoms with Crippen LogP contribution in [0.2, 0.25) is 0 Å². The molecule has 1 aliphatic heterocycles. The molecule has 1 saturated heterocycles. The lowest BCUT2D eigenvalue weighted by atomic mass is 9.99. The van der Waals surface area contributed by atoms with Gasteiger partial charge in [-0.25, -0.2) is 0 Å². The van der Waals surface area contributed by atoms with Gasteiger partial charge in [-0.3, -0.25) is 4.79 Å². The fourth-order valence-corrected chi connectivity index (χ4v) is 6.82. The Balaban J connectivity index is 2.42. The van der Waals surface area contributed by atoms with Crippen LogP contribution in [0.4, 0.5) is 0 Å². The molecule has 0 saturated carbocycles. The van der Waals surface area contributed by atoms with Gasteiger partial charge in [0.25, 0.3) is 0 Å². The Morgan fingerprint density at radius 3 is 1.61 bits per heavy atom. The van der Waals surface area contributed by atoms with Crippen molar-refractivity contribution in [3.05, 3.63) is 60.8 Å². The number of ether oxygens (including phenoxy) is 2. The summed E-state index contributed by atoms with van der Waals surface area (Å²) in [6, 6.07) is -0.835. The molecule has 6 N–H and O–H groups in total. The summed E-state index contributed by atoms with van der Waals surface area (Å²) in [5, 5.41) is 54.1. The Hall–Kier alpha value is -2.11. The SMILES string of the molecule is CCCCC/C=C\C=C/CCCCCCCCC(=O)NC(COC1OC(CO)C(O)C(O)C1O)C(O)/C=C/CC/C=C/CC/C=C/CCCCCCCCCCC. The van der Waals surface area contributed by atoms with E-state index in [0.717, 1.165) is 77.0 Å². The van der Waals surface area contributed by atoms with Gasteiger partial charge >= 0.3 is 0 Å². The number of nitrogens with one attached hydrogen (secondary N) is 1. The van der Waals surface area contributed by atoms with E-state index in [0.29, 0.717) is 6.42 Å². The van der Waals surface area contributed by atoms with Crippen LogP contribution in [0, 0.1) is 0 Å². The molecule has 0 aromatic heterocycles. The van der Waals surface area contributed by atoms with Crippen molar-refractivity contribution >= 4 is 5.91 Å². The standard InChI is InChI=1S/C48H85NO8/c1-3-5-7-9-11-13-15-17-19-20-21-22-24-25-27-29-31-33-35-37-42(51)41(40-56-48-47(55)46(54)45(53)43(39-50)57-48)49-44(52)38-36-34-32-30-28-26-23-18-16-14-12-10-8-6-4-2/h12,14,16,18,21-22,27,29,35,37,41-43,45-48,50-51,53-55H,3-11,13,15,17,19-20,23-26,28,30-34,36,38-40H2,1-2H3,(H,49,52)/b14-12-,18-16-,22-21+,29-27+,37-35+. The third kappa shape index (κ3) is 28.9. The van der Waals surface area contributed by atoms with Crippen LogP contribution >= 0.6 is 0 Å². The fraction of sp³-hybridized carbons (Fsp3) is 0.771. The fourth-order valence-electron chi connectivity index (χ4n) is 6.82. The molecule has 0 radical (unpaired) electrons. The van der Waals surface area contributed by atoms with Gasteiger partial charge in [-0.05, 0) is 70.6 Å². The quantitative estimate of drug-likeness (QED) is 0.0207. The van der Waals surface area contributed by atoms with Crippen molar-refractivity contribution in [3.63, 3.8) is 0 Å². The van der Waals surface area contributed by atoms with Crippen molar-refractivity contribution < 1.29 is 39.8 Å². The Kier molecular flexibility index (Phi) is 35.4. The van der Waals surface area contributed by atoms with E-state index in [-0.39, 0.29) is 12.5 Å². The highest BCUT2D eigenvalue weighted by molar-refractivity contribution is 5.76. The molecular formula is C48H85NO8. The molecule has 0 aromatic rings. The number of hydrogen-bond donors (Lipinski definition) is 6. The molecule has 1 amide bonds. The van der Waals surface area contributed by atoms with Crippen LogP contribution in [-0.2, 0) is 14.3 Å². The Labute approximate surface area is 347 Å². The van der Waals surface area contributed by atoms with Crippen LogP contribution in [0.1, 0.15) is 181 Å². The van der Waals surface area contributed by atoms with Crippen LogP contribution in [-0.4, -0.2) is 87.5 Å². The van der Waals surface area contributed by atoms with Crippen molar-refractivity contribution in [2.24, 2.45) is 0 Å². The van der Waals surface area contributed by atoms with Crippen LogP contribution in [0.25, 0.3) is 0 Å². The molecule has 0 aliphatic carbocycles. The van der Waals surface area contributed by atoms with Gasteiger partial charge in [0.15, 0.2) is 6.29 Å². The van der Waals surface area contributed by atoms with Crippen molar-refractivity contribution in [2.45, 2.75) is 224 Å². The Bertz CT molecular complexity index is 1070. The van der Waals surface area contributed by atoms with Gasteiger partial charge in [-0.1, -0.05) is 164 Å². The zero-order valence-electron chi connectivity index (χ0n) is 36.1. The average molecular weight is 804 g/mol. The summed E-state index contributed by atoms with van der Waals surface area (Å²) in [6.07, 6.45) is 42.6. The first-order valence-electron chi connectivity index (χ1n) is 23.0. The van der Waals surface area contributed by atoms with Crippen molar-refractivity contribution in [3.8, 4) is 0 Å². The molecular weight excluding hydrogens is 719 g/mol. The zero-order valence-corrected chi connectivity index (χ0v) is 36.1. The molecule has 1 aliphatic rings. The molecule has 7 atom stereocenters. The minimum Gasteiger partial charge on any atom is -0.394 e. The number of carbonyl (C=O) groups is 1. The highest BCUT2D eigenvalue weighted by Crippen LogP contribution is 2.22. The van der Waals surface area contributed by atoms with E-state index in [2.05, 4.69) is 67.8 Å². The first kappa shape index (κ1) is 52.9. The van der Waals surface area contributed by atoms with Crippen LogP contribution < -0.4 is 5.32 Å². The van der Waals surface area contributed by atoms with E-state index in [4.69, 9.17) is 9.47 Å². The lowest BCUT2D eigenvalue weighted by Gasteiger charge is -2.40. The monoisotopic (exact) mass is 804 g/mol. The Morgan fingerprint density at radius 1 is 0.596 bits per heavy atom. The van der Waals surface area contributed by atoms with Gasteiger partial charge in [-0.15, -0.1) is 0 Å². The smallest absolute Gasteiger partial charge is 0.220 e. The number of aliphatic hydroxyl groups is 5. The topological polar surface area (TPSA) is 149 Å². The lowest BCUT2D eigenvalue weighted by Crippen LogP contribution is -2.60. The van der Waals surface area contributed by atoms with Gasteiger partial charge in [0.1, 0.15) is 24.4 Å². The summed E-state index contributed by atoms with van der Waals surface area (Å²) < 4.78 is 11.2. The molecule has 57 heavy (non-hydrogen) atoms. The second kappa shape index (κ2) is 38.1. The molecule has 9 nitrogen and oxygen atoms in total. The number of allylic oxidation sites excluding steroid dienone is 9. The summed E-state index contributed by atoms with van der Waals surface area (Å²) in [4.78, 5) is 12.9. The molecule has 330 valence electrons. The van der Waals surface area contributed by atoms with Crippen LogP contribution in [0.15, 0.2) is 60.8 Å². The van der Waals surface area contributed by atoms with Gasteiger partial charge in [0, 0.05) is 6.42 Å². The number of aliphatic hydroxyl groups excluding tert-OH is 5. The minimum absolute atomic E-state index is 0.206. The van der Waals surface area contributed by atoms with Crippen LogP contribution in [0.3, 0.4) is 0 Å². The second-order valence-electron chi connectivity index (χ2n) is 15.9. The van der Waals surface area contributed by atoms with Gasteiger partial charge in [-0.2, -0.15) is 0 Å². The summed E-state index contributed by atoms with van der Waals surface area (Å²) in [7, 11) is 0. The number of carbonyl (C=O) groups excluding carboxylic acids is 1. The molecule has 1 heterocycles. The Morgan fingerprint density at radius 2 is 1.05 bits per heavy atom. The first-order valence-corrected chi connectivity index (χ1v) is 23.0. The molecule has 1 fully saturated rings. The summed E-state index contributed by atoms with van der Waals surface area (Å²) in [5.41, 5.74) is 0. The number of amides is 1. The summed E-state index contributed by atoms with van der Waals surface area (Å²) >= 11 is 0. The molecule has 7 unspecified atom stereocenters. The largest absolute Gasteiger partial charge is 0.394 e. The van der Waals surface area contributed by atoms with E-state index >= 15 is 0 Å². The van der Waals surface area contributed by atoms with Crippen molar-refractivity contribution in [1.29, 1.82) is 0 Å². The molecule has 9 heteroatoms. The predicted octanol–water partition coefficient (Wildman–Crippen LogP) is 9.61.